The molecule has 1 unspecified atom stereocenters. The maximum atomic E-state index is 11.9. The van der Waals surface area contributed by atoms with Crippen LogP contribution in [0, 0.1) is 5.41 Å². The maximum Gasteiger partial charge on any atom is 0.334 e. The zero-order chi connectivity index (χ0) is 17.2. The smallest absolute Gasteiger partial charge is 0.334 e. The molecule has 132 valence electrons. The van der Waals surface area contributed by atoms with Crippen molar-refractivity contribution in [3.05, 3.63) is 40.5 Å². The number of likely N-dealkylation sites (tertiary alicyclic amines) is 1. The molecule has 7 heteroatoms. The SMILES string of the molecule is COC1(O)CC=C2C[C@H]3N(C)CC[C@]45C2=C1O[C@@]41OOC1=C=C[C@@]35O. The van der Waals surface area contributed by atoms with Gasteiger partial charge in [-0.15, -0.1) is 4.89 Å². The van der Waals surface area contributed by atoms with Gasteiger partial charge in [0.15, 0.2) is 5.76 Å². The molecule has 3 fully saturated rings. The van der Waals surface area contributed by atoms with Crippen molar-refractivity contribution in [3.8, 4) is 0 Å². The van der Waals surface area contributed by atoms with Crippen LogP contribution in [0.4, 0.5) is 0 Å². The second-order valence-electron chi connectivity index (χ2n) is 7.81. The van der Waals surface area contributed by atoms with Gasteiger partial charge >= 0.3 is 5.79 Å². The van der Waals surface area contributed by atoms with E-state index in [-0.39, 0.29) is 6.04 Å². The molecule has 2 N–H and O–H groups in total. The number of ether oxygens (including phenoxy) is 2. The summed E-state index contributed by atoms with van der Waals surface area (Å²) >= 11 is 0. The first-order chi connectivity index (χ1) is 11.9. The summed E-state index contributed by atoms with van der Waals surface area (Å²) in [6.07, 6.45) is 5.27. The third-order valence-electron chi connectivity index (χ3n) is 7.04. The maximum absolute atomic E-state index is 11.9. The third kappa shape index (κ3) is 1.19. The molecule has 2 bridgehead atoms. The summed E-state index contributed by atoms with van der Waals surface area (Å²) in [4.78, 5) is 12.9. The van der Waals surface area contributed by atoms with Crippen LogP contribution in [-0.4, -0.2) is 59.0 Å². The van der Waals surface area contributed by atoms with Crippen molar-refractivity contribution >= 4 is 0 Å². The Labute approximate surface area is 144 Å². The molecular formula is C18H19NO6. The van der Waals surface area contributed by atoms with E-state index in [1.54, 1.807) is 6.08 Å². The Morgan fingerprint density at radius 3 is 2.96 bits per heavy atom. The lowest BCUT2D eigenvalue weighted by Gasteiger charge is -2.64. The van der Waals surface area contributed by atoms with Gasteiger partial charge in [-0.3, -0.25) is 4.90 Å². The van der Waals surface area contributed by atoms with E-state index in [1.165, 1.54) is 7.11 Å². The minimum absolute atomic E-state index is 0.122. The Balaban J connectivity index is 1.71. The summed E-state index contributed by atoms with van der Waals surface area (Å²) in [6.45, 7) is 0.776. The molecular weight excluding hydrogens is 326 g/mol. The second-order valence-corrected chi connectivity index (χ2v) is 7.81. The molecule has 0 aromatic rings. The summed E-state index contributed by atoms with van der Waals surface area (Å²) in [6, 6.07) is -0.122. The average Bonchev–Trinajstić information content (AvgIpc) is 2.91. The van der Waals surface area contributed by atoms with Gasteiger partial charge in [-0.1, -0.05) is 11.8 Å². The van der Waals surface area contributed by atoms with Crippen LogP contribution >= 0.6 is 0 Å². The number of piperidine rings is 1. The van der Waals surface area contributed by atoms with Gasteiger partial charge < -0.3 is 24.6 Å². The highest BCUT2D eigenvalue weighted by Gasteiger charge is 2.84. The number of hydrogen-bond acceptors (Lipinski definition) is 7. The van der Waals surface area contributed by atoms with Crippen LogP contribution in [0.1, 0.15) is 19.3 Å². The summed E-state index contributed by atoms with van der Waals surface area (Å²) in [5, 5.41) is 22.9. The summed E-state index contributed by atoms with van der Waals surface area (Å²) in [5.41, 5.74) is 2.82. The minimum Gasteiger partial charge on any atom is -0.449 e. The second kappa shape index (κ2) is 3.88. The van der Waals surface area contributed by atoms with E-state index >= 15 is 0 Å². The van der Waals surface area contributed by atoms with Crippen LogP contribution in [0.25, 0.3) is 0 Å². The highest BCUT2D eigenvalue weighted by atomic mass is 17.3. The quantitative estimate of drug-likeness (QED) is 0.406. The summed E-state index contributed by atoms with van der Waals surface area (Å²) in [7, 11) is 3.47. The predicted molar refractivity (Wildman–Crippen MR) is 82.3 cm³/mol. The van der Waals surface area contributed by atoms with Crippen LogP contribution in [0.15, 0.2) is 40.5 Å². The molecule has 0 radical (unpaired) electrons. The number of likely N-dealkylation sites (N-methyl/N-ethyl adjacent to an activating group) is 1. The Morgan fingerprint density at radius 1 is 1.40 bits per heavy atom. The van der Waals surface area contributed by atoms with E-state index in [1.807, 2.05) is 13.1 Å². The van der Waals surface area contributed by atoms with Crippen molar-refractivity contribution in [1.82, 2.24) is 4.90 Å². The minimum atomic E-state index is -1.57. The van der Waals surface area contributed by atoms with Gasteiger partial charge in [0, 0.05) is 25.1 Å². The van der Waals surface area contributed by atoms with Crippen molar-refractivity contribution in [2.24, 2.45) is 5.41 Å². The van der Waals surface area contributed by atoms with Crippen molar-refractivity contribution < 1.29 is 29.5 Å². The van der Waals surface area contributed by atoms with Gasteiger partial charge in [-0.05, 0) is 38.1 Å². The van der Waals surface area contributed by atoms with Gasteiger partial charge in [0.1, 0.15) is 11.0 Å². The van der Waals surface area contributed by atoms with Crippen LogP contribution in [-0.2, 0) is 19.2 Å². The number of aliphatic hydroxyl groups is 2. The number of hydrogen-bond donors (Lipinski definition) is 2. The fourth-order valence-electron chi connectivity index (χ4n) is 5.75. The average molecular weight is 345 g/mol. The molecule has 5 atom stereocenters. The van der Waals surface area contributed by atoms with Gasteiger partial charge in [-0.2, -0.15) is 0 Å². The molecule has 3 heterocycles. The topological polar surface area (TPSA) is 80.6 Å². The normalized spacial score (nSPS) is 51.6. The Bertz CT molecular complexity index is 856. The monoisotopic (exact) mass is 345 g/mol. The Kier molecular flexibility index (Phi) is 2.26. The molecule has 6 rings (SSSR count). The van der Waals surface area contributed by atoms with Crippen molar-refractivity contribution in [3.63, 3.8) is 0 Å². The van der Waals surface area contributed by atoms with Crippen LogP contribution < -0.4 is 0 Å². The fraction of sp³-hybridized carbons (Fsp3) is 0.611. The van der Waals surface area contributed by atoms with Crippen LogP contribution in [0.2, 0.25) is 0 Å². The molecule has 2 saturated heterocycles. The highest BCUT2D eigenvalue weighted by molar-refractivity contribution is 5.60. The third-order valence-corrected chi connectivity index (χ3v) is 7.04. The first kappa shape index (κ1) is 14.6. The van der Waals surface area contributed by atoms with Crippen molar-refractivity contribution in [2.75, 3.05) is 20.7 Å². The van der Waals surface area contributed by atoms with Gasteiger partial charge in [-0.25, -0.2) is 0 Å². The summed E-state index contributed by atoms with van der Waals surface area (Å²) in [5.74, 6) is -2.10. The predicted octanol–water partition coefficient (Wildman–Crippen LogP) is 0.472. The summed E-state index contributed by atoms with van der Waals surface area (Å²) < 4.78 is 11.6. The van der Waals surface area contributed by atoms with Crippen molar-refractivity contribution in [1.29, 1.82) is 0 Å². The molecule has 25 heavy (non-hydrogen) atoms. The lowest BCUT2D eigenvalue weighted by Crippen LogP contribution is -2.77. The number of rotatable bonds is 1. The van der Waals surface area contributed by atoms with Crippen LogP contribution in [0.3, 0.4) is 0 Å². The van der Waals surface area contributed by atoms with E-state index in [2.05, 4.69) is 10.6 Å². The van der Waals surface area contributed by atoms with E-state index in [9.17, 15) is 10.2 Å². The largest absolute Gasteiger partial charge is 0.449 e. The standard InChI is InChI=1S/C18H19NO6/c1-19-8-7-15-13-10-3-6-17(21,22-2)14(13)23-18(15)12(24-25-18)4-5-16(15,20)11(19)9-10/h3,5,11,20-21H,6-9H2,1-2H3/t11-,15-,16-,17?,18+/m1/s1. The van der Waals surface area contributed by atoms with E-state index < -0.39 is 22.6 Å². The highest BCUT2D eigenvalue weighted by Crippen LogP contribution is 2.73. The lowest BCUT2D eigenvalue weighted by atomic mass is 9.48. The molecule has 0 aromatic carbocycles. The fourth-order valence-corrected chi connectivity index (χ4v) is 5.75. The molecule has 7 nitrogen and oxygen atoms in total. The van der Waals surface area contributed by atoms with Gasteiger partial charge in [0.2, 0.25) is 5.79 Å². The molecule has 0 amide bonds. The number of methoxy groups -OCH3 is 1. The van der Waals surface area contributed by atoms with Gasteiger partial charge in [0.25, 0.3) is 5.76 Å². The first-order valence-electron chi connectivity index (χ1n) is 8.60. The number of nitrogens with zero attached hydrogens (tertiary/aromatic N) is 1. The lowest BCUT2D eigenvalue weighted by molar-refractivity contribution is -0.521. The molecule has 2 spiro atoms. The molecule has 6 aliphatic rings. The zero-order valence-electron chi connectivity index (χ0n) is 14.0. The Hall–Kier alpha value is -1.60. The van der Waals surface area contributed by atoms with Gasteiger partial charge in [0.05, 0.1) is 0 Å². The molecule has 1 saturated carbocycles. The zero-order valence-corrected chi connectivity index (χ0v) is 14.0. The molecule has 0 aromatic heterocycles. The van der Waals surface area contributed by atoms with E-state index in [4.69, 9.17) is 19.2 Å². The molecule has 3 aliphatic carbocycles. The van der Waals surface area contributed by atoms with Crippen LogP contribution in [0.5, 0.6) is 0 Å². The van der Waals surface area contributed by atoms with Crippen molar-refractivity contribution in [2.45, 2.75) is 42.5 Å². The van der Waals surface area contributed by atoms with E-state index in [0.717, 1.165) is 17.7 Å². The van der Waals surface area contributed by atoms with E-state index in [0.29, 0.717) is 30.8 Å². The first-order valence-corrected chi connectivity index (χ1v) is 8.60. The molecule has 3 aliphatic heterocycles. The Morgan fingerprint density at radius 2 is 2.24 bits per heavy atom.